The average Bonchev–Trinajstić information content (AvgIpc) is 3.18. The molecule has 0 radical (unpaired) electrons. The Morgan fingerprint density at radius 2 is 2.20 bits per heavy atom. The number of furan rings is 1. The second kappa shape index (κ2) is 6.90. The van der Waals surface area contributed by atoms with E-state index in [-0.39, 0.29) is 16.6 Å². The number of benzene rings is 1. The predicted molar refractivity (Wildman–Crippen MR) is 93.4 cm³/mol. The lowest BCUT2D eigenvalue weighted by atomic mass is 10.3. The molecule has 10 heteroatoms. The van der Waals surface area contributed by atoms with Gasteiger partial charge in [0, 0.05) is 7.05 Å². The summed E-state index contributed by atoms with van der Waals surface area (Å²) in [5, 5.41) is 8.49. The van der Waals surface area contributed by atoms with Crippen LogP contribution in [0, 0.1) is 0 Å². The van der Waals surface area contributed by atoms with Crippen LogP contribution in [0.25, 0.3) is 11.0 Å². The quantitative estimate of drug-likeness (QED) is 0.621. The maximum absolute atomic E-state index is 11.9. The highest BCUT2D eigenvalue weighted by atomic mass is 32.2. The molecule has 8 nitrogen and oxygen atoms in total. The Bertz CT molecular complexity index is 1010. The zero-order chi connectivity index (χ0) is 18.0. The van der Waals surface area contributed by atoms with Gasteiger partial charge < -0.3 is 14.3 Å². The number of nitrogens with one attached hydrogen (secondary N) is 1. The highest BCUT2D eigenvalue weighted by Gasteiger charge is 2.14. The van der Waals surface area contributed by atoms with Crippen molar-refractivity contribution in [2.24, 2.45) is 12.2 Å². The minimum absolute atomic E-state index is 0.00541. The molecule has 1 amide bonds. The van der Waals surface area contributed by atoms with Crippen molar-refractivity contribution in [1.82, 2.24) is 14.9 Å². The van der Waals surface area contributed by atoms with Crippen molar-refractivity contribution in [3.63, 3.8) is 0 Å². The normalized spacial score (nSPS) is 11.8. The van der Waals surface area contributed by atoms with E-state index in [9.17, 15) is 13.2 Å². The molecule has 0 saturated carbocycles. The van der Waals surface area contributed by atoms with Gasteiger partial charge in [0.25, 0.3) is 0 Å². The largest absolute Gasteiger partial charge is 0.467 e. The van der Waals surface area contributed by atoms with Crippen LogP contribution < -0.4 is 10.5 Å². The van der Waals surface area contributed by atoms with Gasteiger partial charge in [0.05, 0.1) is 34.5 Å². The second-order valence-electron chi connectivity index (χ2n) is 5.29. The molecule has 0 aliphatic carbocycles. The van der Waals surface area contributed by atoms with Gasteiger partial charge in [-0.3, -0.25) is 4.79 Å². The fraction of sp³-hybridized carbons (Fsp3) is 0.200. The van der Waals surface area contributed by atoms with Gasteiger partial charge in [-0.2, -0.15) is 0 Å². The molecule has 3 N–H and O–H groups in total. The van der Waals surface area contributed by atoms with Crippen LogP contribution in [0.3, 0.4) is 0 Å². The summed E-state index contributed by atoms with van der Waals surface area (Å²) in [7, 11) is -1.98. The fourth-order valence-corrected chi connectivity index (χ4v) is 3.59. The number of sulfonamides is 1. The third-order valence-electron chi connectivity index (χ3n) is 3.51. The summed E-state index contributed by atoms with van der Waals surface area (Å²) in [5.41, 5.74) is 1.26. The molecule has 0 spiro atoms. The number of nitrogens with two attached hydrogens (primary N) is 1. The number of aromatic nitrogens is 2. The number of aryl methyl sites for hydroxylation is 1. The fourth-order valence-electron chi connectivity index (χ4n) is 2.24. The summed E-state index contributed by atoms with van der Waals surface area (Å²) in [6.45, 7) is 0.326. The standard InChI is InChI=1S/C15H16N4O4S2/c1-19-13-5-4-11(25(16,21)22)7-12(13)18-15(19)24-9-14(20)17-8-10-3-2-6-23-10/h2-7H,8-9H2,1H3,(H,17,20)(H2,16,21,22). The number of carbonyl (C=O) groups excluding carboxylic acids is 1. The minimum Gasteiger partial charge on any atom is -0.467 e. The molecule has 2 aromatic heterocycles. The molecule has 0 bridgehead atoms. The SMILES string of the molecule is Cn1c(SCC(=O)NCc2ccco2)nc2cc(S(N)(=O)=O)ccc21. The van der Waals surface area contributed by atoms with Gasteiger partial charge >= 0.3 is 0 Å². The zero-order valence-electron chi connectivity index (χ0n) is 13.3. The van der Waals surface area contributed by atoms with E-state index in [4.69, 9.17) is 9.56 Å². The Labute approximate surface area is 148 Å². The maximum atomic E-state index is 11.9. The first kappa shape index (κ1) is 17.5. The van der Waals surface area contributed by atoms with E-state index in [1.54, 1.807) is 36.1 Å². The molecular formula is C15H16N4O4S2. The van der Waals surface area contributed by atoms with Crippen molar-refractivity contribution >= 4 is 38.7 Å². The van der Waals surface area contributed by atoms with Gasteiger partial charge in [0.1, 0.15) is 5.76 Å². The first-order valence-electron chi connectivity index (χ1n) is 7.26. The molecule has 3 aromatic rings. The molecule has 0 saturated heterocycles. The van der Waals surface area contributed by atoms with E-state index in [2.05, 4.69) is 10.3 Å². The van der Waals surface area contributed by atoms with E-state index >= 15 is 0 Å². The zero-order valence-corrected chi connectivity index (χ0v) is 14.9. The van der Waals surface area contributed by atoms with Crippen LogP contribution in [0.5, 0.6) is 0 Å². The lowest BCUT2D eigenvalue weighted by Gasteiger charge is -2.04. The highest BCUT2D eigenvalue weighted by molar-refractivity contribution is 7.99. The van der Waals surface area contributed by atoms with E-state index in [1.165, 1.54) is 23.9 Å². The number of thioether (sulfide) groups is 1. The summed E-state index contributed by atoms with van der Waals surface area (Å²) in [6, 6.07) is 8.03. The third kappa shape index (κ3) is 4.03. The summed E-state index contributed by atoms with van der Waals surface area (Å²) >= 11 is 1.26. The average molecular weight is 380 g/mol. The molecule has 0 unspecified atom stereocenters. The number of imidazole rings is 1. The smallest absolute Gasteiger partial charge is 0.238 e. The number of carbonyl (C=O) groups is 1. The molecule has 2 heterocycles. The molecule has 25 heavy (non-hydrogen) atoms. The van der Waals surface area contributed by atoms with Crippen molar-refractivity contribution in [1.29, 1.82) is 0 Å². The third-order valence-corrected chi connectivity index (χ3v) is 5.45. The van der Waals surface area contributed by atoms with Crippen LogP contribution in [0.4, 0.5) is 0 Å². The molecule has 132 valence electrons. The van der Waals surface area contributed by atoms with Gasteiger partial charge in [0.2, 0.25) is 15.9 Å². The Balaban J connectivity index is 1.69. The van der Waals surface area contributed by atoms with E-state index in [1.807, 2.05) is 0 Å². The van der Waals surface area contributed by atoms with Crippen LogP contribution in [0.1, 0.15) is 5.76 Å². The molecule has 1 aromatic carbocycles. The van der Waals surface area contributed by atoms with Gasteiger partial charge in [-0.1, -0.05) is 11.8 Å². The van der Waals surface area contributed by atoms with Gasteiger partial charge in [-0.15, -0.1) is 0 Å². The van der Waals surface area contributed by atoms with Crippen molar-refractivity contribution in [2.45, 2.75) is 16.6 Å². The van der Waals surface area contributed by atoms with Crippen LogP contribution in [-0.2, 0) is 28.4 Å². The minimum atomic E-state index is -3.78. The van der Waals surface area contributed by atoms with Gasteiger partial charge in [-0.05, 0) is 30.3 Å². The molecule has 0 atom stereocenters. The monoisotopic (exact) mass is 380 g/mol. The Morgan fingerprint density at radius 1 is 1.40 bits per heavy atom. The number of nitrogens with zero attached hydrogens (tertiary/aromatic N) is 2. The summed E-state index contributed by atoms with van der Waals surface area (Å²) in [5.74, 6) is 0.704. The summed E-state index contributed by atoms with van der Waals surface area (Å²) in [4.78, 5) is 16.3. The van der Waals surface area contributed by atoms with Crippen LogP contribution >= 0.6 is 11.8 Å². The van der Waals surface area contributed by atoms with Crippen LogP contribution in [-0.4, -0.2) is 29.6 Å². The van der Waals surface area contributed by atoms with Crippen molar-refractivity contribution < 1.29 is 17.6 Å². The lowest BCUT2D eigenvalue weighted by molar-refractivity contribution is -0.118. The second-order valence-corrected chi connectivity index (χ2v) is 7.80. The maximum Gasteiger partial charge on any atom is 0.238 e. The molecule has 0 fully saturated rings. The number of rotatable bonds is 6. The van der Waals surface area contributed by atoms with Gasteiger partial charge in [0.15, 0.2) is 5.16 Å². The molecule has 0 aliphatic rings. The van der Waals surface area contributed by atoms with Crippen LogP contribution in [0.2, 0.25) is 0 Å². The Kier molecular flexibility index (Phi) is 4.84. The number of amides is 1. The van der Waals surface area contributed by atoms with Crippen molar-refractivity contribution in [2.75, 3.05) is 5.75 Å². The van der Waals surface area contributed by atoms with E-state index in [0.29, 0.717) is 23.0 Å². The van der Waals surface area contributed by atoms with Crippen LogP contribution in [0.15, 0.2) is 51.1 Å². The summed E-state index contributed by atoms with van der Waals surface area (Å²) in [6.07, 6.45) is 1.55. The number of hydrogen-bond acceptors (Lipinski definition) is 6. The number of fused-ring (bicyclic) bond motifs is 1. The van der Waals surface area contributed by atoms with Crippen molar-refractivity contribution in [3.8, 4) is 0 Å². The van der Waals surface area contributed by atoms with Gasteiger partial charge in [-0.25, -0.2) is 18.5 Å². The Hall–Kier alpha value is -2.30. The topological polar surface area (TPSA) is 120 Å². The molecular weight excluding hydrogens is 364 g/mol. The first-order chi connectivity index (χ1) is 11.8. The number of hydrogen-bond donors (Lipinski definition) is 2. The van der Waals surface area contributed by atoms with E-state index in [0.717, 1.165) is 5.52 Å². The highest BCUT2D eigenvalue weighted by Crippen LogP contribution is 2.24. The molecule has 0 aliphatic heterocycles. The van der Waals surface area contributed by atoms with Crippen molar-refractivity contribution in [3.05, 3.63) is 42.4 Å². The lowest BCUT2D eigenvalue weighted by Crippen LogP contribution is -2.24. The summed E-state index contributed by atoms with van der Waals surface area (Å²) < 4.78 is 29.8. The predicted octanol–water partition coefficient (Wildman–Crippen LogP) is 1.22. The van der Waals surface area contributed by atoms with E-state index < -0.39 is 10.0 Å². The first-order valence-corrected chi connectivity index (χ1v) is 9.79. The number of primary sulfonamides is 1. The Morgan fingerprint density at radius 3 is 2.88 bits per heavy atom. The molecule has 3 rings (SSSR count).